The second-order valence-corrected chi connectivity index (χ2v) is 5.48. The first-order valence-electron chi connectivity index (χ1n) is 6.39. The lowest BCUT2D eigenvalue weighted by Gasteiger charge is -2.35. The van der Waals surface area contributed by atoms with Gasteiger partial charge in [-0.25, -0.2) is 0 Å². The zero-order chi connectivity index (χ0) is 14.9. The van der Waals surface area contributed by atoms with Gasteiger partial charge < -0.3 is 10.6 Å². The number of nitrogens with zero attached hydrogens (tertiary/aromatic N) is 2. The standard InChI is InChI=1S/C13H16ClN3O3/c1-8-7-16(6-5-10(8)15)13(18)12-9(14)3-2-4-11(12)17(19)20/h2-4,8,10H,5-7,15H2,1H3. The number of hydrogen-bond donors (Lipinski definition) is 1. The van der Waals surface area contributed by atoms with E-state index in [1.54, 1.807) is 4.90 Å². The molecule has 0 radical (unpaired) electrons. The lowest BCUT2D eigenvalue weighted by molar-refractivity contribution is -0.385. The average molecular weight is 298 g/mol. The Morgan fingerprint density at radius 1 is 1.55 bits per heavy atom. The molecule has 1 heterocycles. The van der Waals surface area contributed by atoms with Gasteiger partial charge in [0.2, 0.25) is 0 Å². The normalized spacial score (nSPS) is 22.6. The van der Waals surface area contributed by atoms with Crippen molar-refractivity contribution in [1.82, 2.24) is 4.90 Å². The molecule has 2 N–H and O–H groups in total. The molecule has 0 spiro atoms. The first-order chi connectivity index (χ1) is 9.41. The Balaban J connectivity index is 2.32. The number of nitrogens with two attached hydrogens (primary N) is 1. The highest BCUT2D eigenvalue weighted by molar-refractivity contribution is 6.34. The molecule has 1 aliphatic heterocycles. The predicted octanol–water partition coefficient (Wildman–Crippen LogP) is 2.06. The van der Waals surface area contributed by atoms with Gasteiger partial charge in [0.25, 0.3) is 11.6 Å². The molecule has 7 heteroatoms. The number of halogens is 1. The summed E-state index contributed by atoms with van der Waals surface area (Å²) in [6.45, 7) is 2.94. The Kier molecular flexibility index (Phi) is 4.25. The maximum Gasteiger partial charge on any atom is 0.283 e. The van der Waals surface area contributed by atoms with Crippen molar-refractivity contribution < 1.29 is 9.72 Å². The van der Waals surface area contributed by atoms with Crippen LogP contribution < -0.4 is 5.73 Å². The Hall–Kier alpha value is -1.66. The summed E-state index contributed by atoms with van der Waals surface area (Å²) in [5.74, 6) is -0.240. The van der Waals surface area contributed by atoms with Gasteiger partial charge in [0.15, 0.2) is 0 Å². The number of nitro benzene ring substituents is 1. The van der Waals surface area contributed by atoms with Gasteiger partial charge in [-0.15, -0.1) is 0 Å². The van der Waals surface area contributed by atoms with Crippen LogP contribution in [0, 0.1) is 16.0 Å². The molecule has 1 aliphatic rings. The first kappa shape index (κ1) is 14.7. The van der Waals surface area contributed by atoms with E-state index in [-0.39, 0.29) is 28.2 Å². The number of rotatable bonds is 2. The monoisotopic (exact) mass is 297 g/mol. The van der Waals surface area contributed by atoms with Gasteiger partial charge in [0.1, 0.15) is 5.56 Å². The van der Waals surface area contributed by atoms with E-state index >= 15 is 0 Å². The van der Waals surface area contributed by atoms with Crippen LogP contribution >= 0.6 is 11.6 Å². The van der Waals surface area contributed by atoms with Crippen LogP contribution in [0.3, 0.4) is 0 Å². The van der Waals surface area contributed by atoms with Crippen LogP contribution in [-0.4, -0.2) is 34.9 Å². The number of amides is 1. The average Bonchev–Trinajstić information content (AvgIpc) is 2.40. The van der Waals surface area contributed by atoms with Crippen LogP contribution in [0.2, 0.25) is 5.02 Å². The number of likely N-dealkylation sites (tertiary alicyclic amines) is 1. The second-order valence-electron chi connectivity index (χ2n) is 5.07. The van der Waals surface area contributed by atoms with Gasteiger partial charge in [-0.2, -0.15) is 0 Å². The fourth-order valence-electron chi connectivity index (χ4n) is 2.38. The van der Waals surface area contributed by atoms with E-state index in [4.69, 9.17) is 17.3 Å². The maximum atomic E-state index is 12.5. The minimum atomic E-state index is -0.585. The van der Waals surface area contributed by atoms with Crippen LogP contribution in [0.5, 0.6) is 0 Å². The minimum Gasteiger partial charge on any atom is -0.338 e. The highest BCUT2D eigenvalue weighted by Crippen LogP contribution is 2.29. The Morgan fingerprint density at radius 3 is 2.85 bits per heavy atom. The van der Waals surface area contributed by atoms with Crippen molar-refractivity contribution in [2.24, 2.45) is 11.7 Å². The van der Waals surface area contributed by atoms with Crippen LogP contribution in [0.1, 0.15) is 23.7 Å². The Morgan fingerprint density at radius 2 is 2.25 bits per heavy atom. The van der Waals surface area contributed by atoms with Gasteiger partial charge in [-0.3, -0.25) is 14.9 Å². The third kappa shape index (κ3) is 2.76. The molecule has 108 valence electrons. The number of carbonyl (C=O) groups excluding carboxylic acids is 1. The number of piperidine rings is 1. The minimum absolute atomic E-state index is 0.0400. The molecule has 1 amide bonds. The first-order valence-corrected chi connectivity index (χ1v) is 6.77. The predicted molar refractivity (Wildman–Crippen MR) is 75.8 cm³/mol. The van der Waals surface area contributed by atoms with E-state index in [1.165, 1.54) is 18.2 Å². The summed E-state index contributed by atoms with van der Waals surface area (Å²) in [5.41, 5.74) is 5.62. The smallest absolute Gasteiger partial charge is 0.283 e. The van der Waals surface area contributed by atoms with E-state index < -0.39 is 10.8 Å². The van der Waals surface area contributed by atoms with Crippen molar-refractivity contribution in [2.75, 3.05) is 13.1 Å². The van der Waals surface area contributed by atoms with Crippen LogP contribution in [-0.2, 0) is 0 Å². The molecule has 0 saturated carbocycles. The van der Waals surface area contributed by atoms with Crippen molar-refractivity contribution in [3.63, 3.8) is 0 Å². The maximum absolute atomic E-state index is 12.5. The van der Waals surface area contributed by atoms with E-state index in [1.807, 2.05) is 6.92 Å². The van der Waals surface area contributed by atoms with Gasteiger partial charge in [0.05, 0.1) is 9.95 Å². The van der Waals surface area contributed by atoms with Crippen molar-refractivity contribution in [1.29, 1.82) is 0 Å². The van der Waals surface area contributed by atoms with Crippen LogP contribution in [0.4, 0.5) is 5.69 Å². The van der Waals surface area contributed by atoms with Crippen molar-refractivity contribution in [2.45, 2.75) is 19.4 Å². The van der Waals surface area contributed by atoms with Gasteiger partial charge in [-0.05, 0) is 18.4 Å². The van der Waals surface area contributed by atoms with E-state index in [0.717, 1.165) is 0 Å². The molecule has 0 bridgehead atoms. The summed E-state index contributed by atoms with van der Waals surface area (Å²) < 4.78 is 0. The summed E-state index contributed by atoms with van der Waals surface area (Å²) in [4.78, 5) is 24.5. The van der Waals surface area contributed by atoms with Crippen molar-refractivity contribution in [3.8, 4) is 0 Å². The van der Waals surface area contributed by atoms with E-state index in [2.05, 4.69) is 0 Å². The molecule has 2 atom stereocenters. The third-order valence-corrected chi connectivity index (χ3v) is 3.98. The van der Waals surface area contributed by atoms with Crippen molar-refractivity contribution in [3.05, 3.63) is 38.9 Å². The zero-order valence-corrected chi connectivity index (χ0v) is 11.8. The Labute approximate surface area is 121 Å². The summed E-state index contributed by atoms with van der Waals surface area (Å²) in [7, 11) is 0. The van der Waals surface area contributed by atoms with Gasteiger partial charge >= 0.3 is 0 Å². The molecule has 6 nitrogen and oxygen atoms in total. The third-order valence-electron chi connectivity index (χ3n) is 3.66. The summed E-state index contributed by atoms with van der Waals surface area (Å²) >= 11 is 5.98. The highest BCUT2D eigenvalue weighted by Gasteiger charge is 2.31. The second kappa shape index (κ2) is 5.76. The molecular formula is C13H16ClN3O3. The quantitative estimate of drug-likeness (QED) is 0.668. The fourth-order valence-corrected chi connectivity index (χ4v) is 2.63. The molecule has 2 unspecified atom stereocenters. The number of nitro groups is 1. The number of hydrogen-bond acceptors (Lipinski definition) is 4. The molecule has 1 saturated heterocycles. The van der Waals surface area contributed by atoms with E-state index in [0.29, 0.717) is 19.5 Å². The molecule has 1 aromatic carbocycles. The largest absolute Gasteiger partial charge is 0.338 e. The van der Waals surface area contributed by atoms with Gasteiger partial charge in [0, 0.05) is 25.2 Å². The van der Waals surface area contributed by atoms with Crippen LogP contribution in [0.25, 0.3) is 0 Å². The SMILES string of the molecule is CC1CN(C(=O)c2c(Cl)cccc2[N+](=O)[O-])CCC1N. The molecule has 1 aromatic rings. The van der Waals surface area contributed by atoms with E-state index in [9.17, 15) is 14.9 Å². The Bertz CT molecular complexity index is 550. The summed E-state index contributed by atoms with van der Waals surface area (Å²) in [5, 5.41) is 11.1. The molecular weight excluding hydrogens is 282 g/mol. The molecule has 1 fully saturated rings. The number of benzene rings is 1. The van der Waals surface area contributed by atoms with Crippen molar-refractivity contribution >= 4 is 23.2 Å². The summed E-state index contributed by atoms with van der Waals surface area (Å²) in [6, 6.07) is 4.30. The highest BCUT2D eigenvalue weighted by atomic mass is 35.5. The molecule has 20 heavy (non-hydrogen) atoms. The van der Waals surface area contributed by atoms with Gasteiger partial charge in [-0.1, -0.05) is 24.6 Å². The zero-order valence-electron chi connectivity index (χ0n) is 11.1. The lowest BCUT2D eigenvalue weighted by atomic mass is 9.94. The molecule has 0 aromatic heterocycles. The fraction of sp³-hybridized carbons (Fsp3) is 0.462. The lowest BCUT2D eigenvalue weighted by Crippen LogP contribution is -2.48. The summed E-state index contributed by atoms with van der Waals surface area (Å²) in [6.07, 6.45) is 0.686. The number of carbonyl (C=O) groups is 1. The molecule has 2 rings (SSSR count). The molecule has 0 aliphatic carbocycles. The van der Waals surface area contributed by atoms with Crippen LogP contribution in [0.15, 0.2) is 18.2 Å². The topological polar surface area (TPSA) is 89.5 Å².